The van der Waals surface area contributed by atoms with E-state index in [0.29, 0.717) is 23.5 Å². The minimum atomic E-state index is -0.733. The van der Waals surface area contributed by atoms with Crippen LogP contribution in [0.2, 0.25) is 0 Å². The van der Waals surface area contributed by atoms with Crippen molar-refractivity contribution in [2.75, 3.05) is 10.6 Å². The van der Waals surface area contributed by atoms with Crippen molar-refractivity contribution in [1.29, 1.82) is 0 Å². The minimum absolute atomic E-state index is 0.0238. The van der Waals surface area contributed by atoms with E-state index in [-0.39, 0.29) is 35.3 Å². The zero-order valence-electron chi connectivity index (χ0n) is 15.6. The zero-order chi connectivity index (χ0) is 19.8. The maximum Gasteiger partial charge on any atom is 0.229 e. The maximum absolute atomic E-state index is 12.8. The van der Waals surface area contributed by atoms with Crippen molar-refractivity contribution in [2.24, 2.45) is 17.3 Å². The topological polar surface area (TPSA) is 104 Å². The molecule has 3 rings (SSSR count). The van der Waals surface area contributed by atoms with Crippen LogP contribution >= 0.6 is 0 Å². The van der Waals surface area contributed by atoms with Crippen LogP contribution in [-0.4, -0.2) is 23.5 Å². The SMILES string of the molecule is CC(=O)Nc1ccc(NC(=O)[C@H]2CC(=O)NC3=CC(C)(C)CC(=O)[C@@H]32)cc1. The summed E-state index contributed by atoms with van der Waals surface area (Å²) in [7, 11) is 0. The molecule has 1 aromatic carbocycles. The smallest absolute Gasteiger partial charge is 0.229 e. The Morgan fingerprint density at radius 1 is 1.07 bits per heavy atom. The van der Waals surface area contributed by atoms with Crippen molar-refractivity contribution >= 4 is 34.9 Å². The third-order valence-corrected chi connectivity index (χ3v) is 4.76. The second-order valence-electron chi connectivity index (χ2n) is 7.82. The lowest BCUT2D eigenvalue weighted by Gasteiger charge is -2.38. The van der Waals surface area contributed by atoms with Gasteiger partial charge >= 0.3 is 0 Å². The van der Waals surface area contributed by atoms with E-state index in [9.17, 15) is 19.2 Å². The Morgan fingerprint density at radius 3 is 2.26 bits per heavy atom. The first kappa shape index (κ1) is 18.8. The second-order valence-corrected chi connectivity index (χ2v) is 7.82. The van der Waals surface area contributed by atoms with Gasteiger partial charge in [0, 0.05) is 36.8 Å². The summed E-state index contributed by atoms with van der Waals surface area (Å²) in [4.78, 5) is 48.6. The van der Waals surface area contributed by atoms with Crippen molar-refractivity contribution < 1.29 is 19.2 Å². The third-order valence-electron chi connectivity index (χ3n) is 4.76. The Bertz CT molecular complexity index is 839. The predicted octanol–water partition coefficient (Wildman–Crippen LogP) is 2.22. The summed E-state index contributed by atoms with van der Waals surface area (Å²) in [5, 5.41) is 8.18. The van der Waals surface area contributed by atoms with Gasteiger partial charge in [0.05, 0.1) is 11.8 Å². The van der Waals surface area contributed by atoms with Gasteiger partial charge < -0.3 is 16.0 Å². The van der Waals surface area contributed by atoms with Gasteiger partial charge in [0.25, 0.3) is 0 Å². The van der Waals surface area contributed by atoms with Crippen molar-refractivity contribution in [3.63, 3.8) is 0 Å². The number of piperidine rings is 1. The van der Waals surface area contributed by atoms with E-state index < -0.39 is 11.8 Å². The molecule has 27 heavy (non-hydrogen) atoms. The first-order valence-electron chi connectivity index (χ1n) is 8.88. The molecular formula is C20H23N3O4. The summed E-state index contributed by atoms with van der Waals surface area (Å²) in [5.74, 6) is -2.18. The van der Waals surface area contributed by atoms with Gasteiger partial charge in [0.15, 0.2) is 0 Å². The molecule has 1 fully saturated rings. The number of amides is 3. The summed E-state index contributed by atoms with van der Waals surface area (Å²) >= 11 is 0. The van der Waals surface area contributed by atoms with Gasteiger partial charge in [0.1, 0.15) is 5.78 Å². The Hall–Kier alpha value is -2.96. The van der Waals surface area contributed by atoms with Gasteiger partial charge in [-0.2, -0.15) is 0 Å². The molecule has 1 heterocycles. The normalized spacial score (nSPS) is 23.6. The lowest BCUT2D eigenvalue weighted by atomic mass is 9.69. The minimum Gasteiger partial charge on any atom is -0.329 e. The monoisotopic (exact) mass is 369 g/mol. The number of allylic oxidation sites excluding steroid dienone is 2. The molecule has 0 spiro atoms. The predicted molar refractivity (Wildman–Crippen MR) is 101 cm³/mol. The number of carbonyl (C=O) groups is 4. The highest BCUT2D eigenvalue weighted by atomic mass is 16.2. The van der Waals surface area contributed by atoms with Crippen LogP contribution in [0.15, 0.2) is 36.0 Å². The van der Waals surface area contributed by atoms with E-state index in [1.54, 1.807) is 24.3 Å². The quantitative estimate of drug-likeness (QED) is 0.760. The van der Waals surface area contributed by atoms with Crippen LogP contribution in [0.5, 0.6) is 0 Å². The molecule has 2 atom stereocenters. The van der Waals surface area contributed by atoms with Crippen molar-refractivity contribution in [3.8, 4) is 0 Å². The molecule has 0 aromatic heterocycles. The first-order valence-corrected chi connectivity index (χ1v) is 8.88. The van der Waals surface area contributed by atoms with Gasteiger partial charge in [-0.1, -0.05) is 19.9 Å². The Labute approximate surface area is 157 Å². The average molecular weight is 369 g/mol. The Balaban J connectivity index is 1.78. The molecule has 7 heteroatoms. The number of benzene rings is 1. The maximum atomic E-state index is 12.8. The van der Waals surface area contributed by atoms with Crippen molar-refractivity contribution in [3.05, 3.63) is 36.0 Å². The van der Waals surface area contributed by atoms with Crippen molar-refractivity contribution in [1.82, 2.24) is 5.32 Å². The van der Waals surface area contributed by atoms with E-state index in [4.69, 9.17) is 0 Å². The molecule has 0 radical (unpaired) electrons. The lowest BCUT2D eigenvalue weighted by Crippen LogP contribution is -2.49. The summed E-state index contributed by atoms with van der Waals surface area (Å²) in [6.45, 7) is 5.28. The number of fused-ring (bicyclic) bond motifs is 1. The van der Waals surface area contributed by atoms with Crippen LogP contribution in [-0.2, 0) is 19.2 Å². The number of hydrogen-bond donors (Lipinski definition) is 3. The molecule has 7 nitrogen and oxygen atoms in total. The van der Waals surface area contributed by atoms with E-state index >= 15 is 0 Å². The summed E-state index contributed by atoms with van der Waals surface area (Å²) in [6.07, 6.45) is 2.20. The number of nitrogens with one attached hydrogen (secondary N) is 3. The standard InChI is InChI=1S/C20H23N3O4/c1-11(24)21-12-4-6-13(7-5-12)22-19(27)14-8-17(26)23-15-9-20(2,3)10-16(25)18(14)15/h4-7,9,14,18H,8,10H2,1-3H3,(H,21,24)(H,22,27)(H,23,26)/t14-,18+/m0/s1. The Morgan fingerprint density at radius 2 is 1.67 bits per heavy atom. The summed E-state index contributed by atoms with van der Waals surface area (Å²) in [5.41, 5.74) is 1.35. The lowest BCUT2D eigenvalue weighted by molar-refractivity contribution is -0.136. The van der Waals surface area contributed by atoms with Gasteiger partial charge in [-0.3, -0.25) is 19.2 Å². The fourth-order valence-electron chi connectivity index (χ4n) is 3.70. The largest absolute Gasteiger partial charge is 0.329 e. The van der Waals surface area contributed by atoms with Gasteiger partial charge in [-0.15, -0.1) is 0 Å². The number of Topliss-reactive ketones (excluding diaryl/α,β-unsaturated/α-hetero) is 1. The average Bonchev–Trinajstić information content (AvgIpc) is 2.53. The fourth-order valence-corrected chi connectivity index (χ4v) is 3.70. The highest BCUT2D eigenvalue weighted by Crippen LogP contribution is 2.40. The fraction of sp³-hybridized carbons (Fsp3) is 0.400. The van der Waals surface area contributed by atoms with Crippen LogP contribution in [0.4, 0.5) is 11.4 Å². The molecule has 1 aliphatic carbocycles. The number of ketones is 1. The highest BCUT2D eigenvalue weighted by molar-refractivity contribution is 6.02. The van der Waals surface area contributed by atoms with Crippen molar-refractivity contribution in [2.45, 2.75) is 33.6 Å². The van der Waals surface area contributed by atoms with Crippen LogP contribution in [0.3, 0.4) is 0 Å². The molecular weight excluding hydrogens is 346 g/mol. The van der Waals surface area contributed by atoms with Crippen LogP contribution < -0.4 is 16.0 Å². The molecule has 1 saturated heterocycles. The number of hydrogen-bond acceptors (Lipinski definition) is 4. The van der Waals surface area contributed by atoms with Crippen LogP contribution in [0, 0.1) is 17.3 Å². The molecule has 2 aliphatic rings. The second kappa shape index (κ2) is 6.98. The molecule has 1 aromatic rings. The van der Waals surface area contributed by atoms with Gasteiger partial charge in [0.2, 0.25) is 17.7 Å². The molecule has 1 aliphatic heterocycles. The molecule has 0 saturated carbocycles. The van der Waals surface area contributed by atoms with Crippen LogP contribution in [0.1, 0.15) is 33.6 Å². The third kappa shape index (κ3) is 4.24. The van der Waals surface area contributed by atoms with E-state index in [1.165, 1.54) is 6.92 Å². The molecule has 3 amide bonds. The van der Waals surface area contributed by atoms with E-state index in [2.05, 4.69) is 16.0 Å². The Kier molecular flexibility index (Phi) is 4.87. The highest BCUT2D eigenvalue weighted by Gasteiger charge is 2.45. The number of anilines is 2. The van der Waals surface area contributed by atoms with E-state index in [0.717, 1.165) is 0 Å². The molecule has 3 N–H and O–H groups in total. The molecule has 142 valence electrons. The van der Waals surface area contributed by atoms with E-state index in [1.807, 2.05) is 19.9 Å². The molecule has 0 unspecified atom stereocenters. The molecule has 0 bridgehead atoms. The van der Waals surface area contributed by atoms with Crippen LogP contribution in [0.25, 0.3) is 0 Å². The zero-order valence-corrected chi connectivity index (χ0v) is 15.6. The number of carbonyl (C=O) groups excluding carboxylic acids is 4. The summed E-state index contributed by atoms with van der Waals surface area (Å²) in [6, 6.07) is 6.66. The van der Waals surface area contributed by atoms with Gasteiger partial charge in [-0.25, -0.2) is 0 Å². The summed E-state index contributed by atoms with van der Waals surface area (Å²) < 4.78 is 0. The first-order chi connectivity index (χ1) is 12.6. The number of rotatable bonds is 3. The van der Waals surface area contributed by atoms with Gasteiger partial charge in [-0.05, 0) is 29.7 Å².